The lowest BCUT2D eigenvalue weighted by molar-refractivity contribution is -0.133. The number of imidazole rings is 1. The first-order valence-corrected chi connectivity index (χ1v) is 7.26. The highest BCUT2D eigenvalue weighted by atomic mass is 35.5. The van der Waals surface area contributed by atoms with E-state index in [9.17, 15) is 9.59 Å². The van der Waals surface area contributed by atoms with Gasteiger partial charge < -0.3 is 20.1 Å². The summed E-state index contributed by atoms with van der Waals surface area (Å²) in [7, 11) is 0. The molecule has 0 unspecified atom stereocenters. The Morgan fingerprint density at radius 1 is 1.48 bits per heavy atom. The molecule has 2 rings (SSSR count). The number of rotatable bonds is 6. The Hall–Kier alpha value is -1.93. The van der Waals surface area contributed by atoms with Crippen LogP contribution in [0, 0.1) is 0 Å². The lowest BCUT2D eigenvalue weighted by Crippen LogP contribution is -2.17. The van der Waals surface area contributed by atoms with E-state index in [-0.39, 0.29) is 12.4 Å². The second-order valence-corrected chi connectivity index (χ2v) is 5.41. The maximum atomic E-state index is 10.7. The van der Waals surface area contributed by atoms with Crippen molar-refractivity contribution in [1.82, 2.24) is 9.55 Å². The van der Waals surface area contributed by atoms with Crippen molar-refractivity contribution in [2.75, 3.05) is 12.4 Å². The number of carboxylic acid groups (broad SMARTS) is 1. The van der Waals surface area contributed by atoms with Crippen LogP contribution in [0.4, 0.5) is 4.79 Å². The number of hydrogen-bond donors (Lipinski definition) is 2. The molecule has 0 fully saturated rings. The summed E-state index contributed by atoms with van der Waals surface area (Å²) < 4.78 is 6.45. The van der Waals surface area contributed by atoms with Crippen LogP contribution in [0.3, 0.4) is 0 Å². The molecule has 0 aliphatic heterocycles. The number of thioether (sulfide) groups is 1. The SMILES string of the molecule is NC(=O)OCCn1c(SCC(=O)O)nc2ccc(Cl)cc21. The van der Waals surface area contributed by atoms with Crippen LogP contribution < -0.4 is 5.73 Å². The Labute approximate surface area is 129 Å². The maximum absolute atomic E-state index is 10.7. The number of primary amides is 1. The number of hydrogen-bond acceptors (Lipinski definition) is 5. The molecule has 1 aromatic carbocycles. The number of aromatic nitrogens is 2. The van der Waals surface area contributed by atoms with Gasteiger partial charge in [-0.25, -0.2) is 9.78 Å². The highest BCUT2D eigenvalue weighted by Crippen LogP contribution is 2.26. The molecular formula is C12H12ClN3O4S. The van der Waals surface area contributed by atoms with Gasteiger partial charge in [0.2, 0.25) is 0 Å². The normalized spacial score (nSPS) is 10.7. The molecule has 2 aromatic rings. The number of carbonyl (C=O) groups excluding carboxylic acids is 1. The van der Waals surface area contributed by atoms with E-state index in [1.165, 1.54) is 0 Å². The first kappa shape index (κ1) is 15.5. The minimum absolute atomic E-state index is 0.0634. The Morgan fingerprint density at radius 2 is 2.24 bits per heavy atom. The van der Waals surface area contributed by atoms with Crippen LogP contribution in [-0.4, -0.2) is 39.1 Å². The minimum Gasteiger partial charge on any atom is -0.481 e. The quantitative estimate of drug-likeness (QED) is 0.784. The summed E-state index contributed by atoms with van der Waals surface area (Å²) in [6.45, 7) is 0.371. The molecule has 9 heteroatoms. The summed E-state index contributed by atoms with van der Waals surface area (Å²) in [6, 6.07) is 5.17. The molecule has 0 saturated heterocycles. The molecule has 0 atom stereocenters. The molecule has 0 saturated carbocycles. The molecule has 0 aliphatic carbocycles. The van der Waals surface area contributed by atoms with Crippen molar-refractivity contribution < 1.29 is 19.4 Å². The molecule has 0 bridgehead atoms. The fourth-order valence-electron chi connectivity index (χ4n) is 1.76. The Morgan fingerprint density at radius 3 is 2.90 bits per heavy atom. The zero-order chi connectivity index (χ0) is 15.4. The number of carbonyl (C=O) groups is 2. The van der Waals surface area contributed by atoms with Crippen LogP contribution in [0.5, 0.6) is 0 Å². The van der Waals surface area contributed by atoms with Crippen LogP contribution in [0.1, 0.15) is 0 Å². The van der Waals surface area contributed by atoms with Crippen molar-refractivity contribution >= 4 is 46.5 Å². The lowest BCUT2D eigenvalue weighted by Gasteiger charge is -2.08. The minimum atomic E-state index is -0.940. The standard InChI is InChI=1S/C12H12ClN3O4S/c13-7-1-2-8-9(5-7)16(3-4-20-11(14)19)12(15-8)21-6-10(17)18/h1-2,5H,3-4,6H2,(H2,14,19)(H,17,18). The van der Waals surface area contributed by atoms with E-state index in [1.54, 1.807) is 22.8 Å². The molecular weight excluding hydrogens is 318 g/mol. The van der Waals surface area contributed by atoms with Crippen molar-refractivity contribution in [3.8, 4) is 0 Å². The Bertz CT molecular complexity index is 688. The molecule has 21 heavy (non-hydrogen) atoms. The fraction of sp³-hybridized carbons (Fsp3) is 0.250. The summed E-state index contributed by atoms with van der Waals surface area (Å²) in [4.78, 5) is 25.7. The summed E-state index contributed by atoms with van der Waals surface area (Å²) >= 11 is 7.05. The first-order chi connectivity index (χ1) is 9.97. The number of ether oxygens (including phenoxy) is 1. The lowest BCUT2D eigenvalue weighted by atomic mass is 10.3. The number of nitrogens with zero attached hydrogens (tertiary/aromatic N) is 2. The zero-order valence-electron chi connectivity index (χ0n) is 10.8. The van der Waals surface area contributed by atoms with Gasteiger partial charge in [0.15, 0.2) is 5.16 Å². The highest BCUT2D eigenvalue weighted by molar-refractivity contribution is 7.99. The summed E-state index contributed by atoms with van der Waals surface area (Å²) in [5, 5.41) is 9.82. The van der Waals surface area contributed by atoms with E-state index < -0.39 is 12.1 Å². The van der Waals surface area contributed by atoms with Crippen LogP contribution in [0.25, 0.3) is 11.0 Å². The molecule has 3 N–H and O–H groups in total. The van der Waals surface area contributed by atoms with Crippen molar-refractivity contribution in [2.45, 2.75) is 11.7 Å². The highest BCUT2D eigenvalue weighted by Gasteiger charge is 2.13. The van der Waals surface area contributed by atoms with Crippen LogP contribution in [-0.2, 0) is 16.1 Å². The molecule has 7 nitrogen and oxygen atoms in total. The average molecular weight is 330 g/mol. The molecule has 1 heterocycles. The van der Waals surface area contributed by atoms with Gasteiger partial charge in [0.05, 0.1) is 23.3 Å². The summed E-state index contributed by atoms with van der Waals surface area (Å²) in [5.41, 5.74) is 6.34. The smallest absolute Gasteiger partial charge is 0.404 e. The molecule has 0 radical (unpaired) electrons. The number of carboxylic acids is 1. The summed E-state index contributed by atoms with van der Waals surface area (Å²) in [5.74, 6) is -1.06. The third-order valence-corrected chi connectivity index (χ3v) is 3.76. The van der Waals surface area contributed by atoms with Gasteiger partial charge >= 0.3 is 12.1 Å². The van der Waals surface area contributed by atoms with Gasteiger partial charge in [-0.2, -0.15) is 0 Å². The van der Waals surface area contributed by atoms with Crippen LogP contribution in [0.2, 0.25) is 5.02 Å². The second-order valence-electron chi connectivity index (χ2n) is 4.03. The molecule has 0 spiro atoms. The Balaban J connectivity index is 2.30. The number of amides is 1. The van der Waals surface area contributed by atoms with Gasteiger partial charge in [-0.1, -0.05) is 23.4 Å². The number of fused-ring (bicyclic) bond motifs is 1. The van der Waals surface area contributed by atoms with Crippen molar-refractivity contribution in [1.29, 1.82) is 0 Å². The third-order valence-electron chi connectivity index (χ3n) is 2.56. The van der Waals surface area contributed by atoms with Crippen molar-refractivity contribution in [3.05, 3.63) is 23.2 Å². The van der Waals surface area contributed by atoms with Crippen LogP contribution in [0.15, 0.2) is 23.4 Å². The number of halogens is 1. The van der Waals surface area contributed by atoms with E-state index >= 15 is 0 Å². The van der Waals surface area contributed by atoms with Crippen molar-refractivity contribution in [3.63, 3.8) is 0 Å². The van der Waals surface area contributed by atoms with Gasteiger partial charge in [-0.15, -0.1) is 0 Å². The first-order valence-electron chi connectivity index (χ1n) is 5.90. The van der Waals surface area contributed by atoms with E-state index in [2.05, 4.69) is 4.98 Å². The number of aliphatic carboxylic acids is 1. The Kier molecular flexibility index (Phi) is 4.92. The summed E-state index contributed by atoms with van der Waals surface area (Å²) in [6.07, 6.45) is -0.864. The average Bonchev–Trinajstić information content (AvgIpc) is 2.74. The largest absolute Gasteiger partial charge is 0.481 e. The number of nitrogens with two attached hydrogens (primary N) is 1. The fourth-order valence-corrected chi connectivity index (χ4v) is 2.69. The van der Waals surface area contributed by atoms with Gasteiger partial charge in [-0.3, -0.25) is 4.79 Å². The van der Waals surface area contributed by atoms with Gasteiger partial charge in [-0.05, 0) is 18.2 Å². The van der Waals surface area contributed by atoms with Crippen LogP contribution >= 0.6 is 23.4 Å². The zero-order valence-corrected chi connectivity index (χ0v) is 12.4. The topological polar surface area (TPSA) is 107 Å². The predicted molar refractivity (Wildman–Crippen MR) is 78.6 cm³/mol. The molecule has 0 aliphatic rings. The second kappa shape index (κ2) is 6.68. The monoisotopic (exact) mass is 329 g/mol. The van der Waals surface area contributed by atoms with Gasteiger partial charge in [0.1, 0.15) is 6.61 Å². The van der Waals surface area contributed by atoms with E-state index in [0.717, 1.165) is 17.3 Å². The molecule has 112 valence electrons. The van der Waals surface area contributed by atoms with E-state index in [4.69, 9.17) is 27.2 Å². The van der Waals surface area contributed by atoms with Gasteiger partial charge in [0.25, 0.3) is 0 Å². The predicted octanol–water partition coefficient (Wildman–Crippen LogP) is 1.96. The molecule has 1 aromatic heterocycles. The van der Waals surface area contributed by atoms with Crippen molar-refractivity contribution in [2.24, 2.45) is 5.73 Å². The third kappa shape index (κ3) is 4.02. The van der Waals surface area contributed by atoms with E-state index in [1.807, 2.05) is 0 Å². The number of benzene rings is 1. The molecule has 1 amide bonds. The van der Waals surface area contributed by atoms with Gasteiger partial charge in [0, 0.05) is 5.02 Å². The maximum Gasteiger partial charge on any atom is 0.404 e. The van der Waals surface area contributed by atoms with E-state index in [0.29, 0.717) is 22.2 Å².